The first kappa shape index (κ1) is 14.2. The molecule has 0 aliphatic heterocycles. The van der Waals surface area contributed by atoms with Crippen molar-refractivity contribution in [2.24, 2.45) is 0 Å². The zero-order valence-electron chi connectivity index (χ0n) is 10.1. The third-order valence-corrected chi connectivity index (χ3v) is 4.40. The Labute approximate surface area is 108 Å². The molecular formula is C13H14N2O2S. The molecule has 0 amide bonds. The predicted octanol–water partition coefficient (Wildman–Crippen LogP) is 1.40. The van der Waals surface area contributed by atoms with Crippen LogP contribution in [0.4, 0.5) is 0 Å². The number of nitriles is 1. The molecule has 0 fully saturated rings. The van der Waals surface area contributed by atoms with E-state index in [1.165, 1.54) is 16.4 Å². The lowest BCUT2D eigenvalue weighted by Gasteiger charge is -2.17. The fourth-order valence-electron chi connectivity index (χ4n) is 1.49. The third-order valence-electron chi connectivity index (χ3n) is 2.46. The van der Waals surface area contributed by atoms with Crippen LogP contribution >= 0.6 is 0 Å². The number of benzene rings is 1. The van der Waals surface area contributed by atoms with Gasteiger partial charge < -0.3 is 0 Å². The van der Waals surface area contributed by atoms with Gasteiger partial charge in [0, 0.05) is 6.54 Å². The summed E-state index contributed by atoms with van der Waals surface area (Å²) < 4.78 is 25.6. The molecule has 94 valence electrons. The van der Waals surface area contributed by atoms with E-state index >= 15 is 0 Å². The minimum atomic E-state index is -3.54. The van der Waals surface area contributed by atoms with Crippen LogP contribution in [0.1, 0.15) is 12.5 Å². The van der Waals surface area contributed by atoms with Crippen LogP contribution in [0.5, 0.6) is 0 Å². The summed E-state index contributed by atoms with van der Waals surface area (Å²) in [5, 5.41) is 8.55. The number of terminal acetylenes is 1. The molecule has 0 saturated carbocycles. The quantitative estimate of drug-likeness (QED) is 0.753. The summed E-state index contributed by atoms with van der Waals surface area (Å²) >= 11 is 0. The molecule has 0 saturated heterocycles. The van der Waals surface area contributed by atoms with Gasteiger partial charge >= 0.3 is 0 Å². The first-order chi connectivity index (χ1) is 8.56. The van der Waals surface area contributed by atoms with Crippen molar-refractivity contribution in [3.05, 3.63) is 29.8 Å². The highest BCUT2D eigenvalue weighted by Crippen LogP contribution is 2.16. The van der Waals surface area contributed by atoms with E-state index in [-0.39, 0.29) is 17.9 Å². The van der Waals surface area contributed by atoms with Crippen molar-refractivity contribution in [1.82, 2.24) is 4.31 Å². The van der Waals surface area contributed by atoms with Crippen molar-refractivity contribution >= 4 is 10.0 Å². The summed E-state index contributed by atoms with van der Waals surface area (Å²) in [6, 6.07) is 8.29. The summed E-state index contributed by atoms with van der Waals surface area (Å²) in [6.07, 6.45) is 5.42. The molecule has 5 heteroatoms. The topological polar surface area (TPSA) is 61.2 Å². The Morgan fingerprint density at radius 1 is 1.33 bits per heavy atom. The fourth-order valence-corrected chi connectivity index (χ4v) is 2.85. The third kappa shape index (κ3) is 3.10. The highest BCUT2D eigenvalue weighted by Gasteiger charge is 2.21. The number of rotatable bonds is 5. The van der Waals surface area contributed by atoms with Crippen molar-refractivity contribution in [2.45, 2.75) is 18.2 Å². The van der Waals surface area contributed by atoms with E-state index < -0.39 is 10.0 Å². The minimum Gasteiger partial charge on any atom is -0.207 e. The molecule has 4 nitrogen and oxygen atoms in total. The van der Waals surface area contributed by atoms with E-state index in [0.29, 0.717) is 6.54 Å². The molecule has 0 bridgehead atoms. The average molecular weight is 262 g/mol. The predicted molar refractivity (Wildman–Crippen MR) is 69.0 cm³/mol. The van der Waals surface area contributed by atoms with Gasteiger partial charge in [0.1, 0.15) is 0 Å². The second kappa shape index (κ2) is 6.20. The summed E-state index contributed by atoms with van der Waals surface area (Å²) in [4.78, 5) is 0.196. The van der Waals surface area contributed by atoms with Gasteiger partial charge in [-0.3, -0.25) is 0 Å². The van der Waals surface area contributed by atoms with Gasteiger partial charge in [-0.1, -0.05) is 25.0 Å². The molecule has 0 aromatic heterocycles. The number of nitrogens with zero attached hydrogens (tertiary/aromatic N) is 2. The molecule has 1 aromatic rings. The molecular weight excluding hydrogens is 248 g/mol. The first-order valence-electron chi connectivity index (χ1n) is 5.45. The van der Waals surface area contributed by atoms with Gasteiger partial charge in [0.2, 0.25) is 10.0 Å². The second-order valence-electron chi connectivity index (χ2n) is 3.61. The molecule has 1 rings (SSSR count). The molecule has 0 spiro atoms. The number of hydrogen-bond donors (Lipinski definition) is 0. The van der Waals surface area contributed by atoms with Gasteiger partial charge in [-0.05, 0) is 17.7 Å². The van der Waals surface area contributed by atoms with Crippen molar-refractivity contribution < 1.29 is 8.42 Å². The average Bonchev–Trinajstić information content (AvgIpc) is 2.36. The van der Waals surface area contributed by atoms with Crippen molar-refractivity contribution in [2.75, 3.05) is 13.1 Å². The lowest BCUT2D eigenvalue weighted by atomic mass is 10.2. The van der Waals surface area contributed by atoms with Crippen LogP contribution < -0.4 is 0 Å². The molecule has 1 aromatic carbocycles. The van der Waals surface area contributed by atoms with Crippen molar-refractivity contribution in [3.63, 3.8) is 0 Å². The highest BCUT2D eigenvalue weighted by atomic mass is 32.2. The van der Waals surface area contributed by atoms with Crippen molar-refractivity contribution in [1.29, 1.82) is 5.26 Å². The van der Waals surface area contributed by atoms with E-state index in [1.807, 2.05) is 6.07 Å². The Hall–Kier alpha value is -1.82. The fraction of sp³-hybridized carbons (Fsp3) is 0.308. The van der Waals surface area contributed by atoms with Crippen LogP contribution in [0.2, 0.25) is 0 Å². The molecule has 18 heavy (non-hydrogen) atoms. The summed E-state index contributed by atoms with van der Waals surface area (Å²) in [5.74, 6) is 2.33. The van der Waals surface area contributed by atoms with Crippen LogP contribution in [0, 0.1) is 23.7 Å². The van der Waals surface area contributed by atoms with Gasteiger partial charge in [-0.25, -0.2) is 8.42 Å². The molecule has 0 aliphatic rings. The van der Waals surface area contributed by atoms with Gasteiger partial charge in [0.15, 0.2) is 0 Å². The largest absolute Gasteiger partial charge is 0.243 e. The normalized spacial score (nSPS) is 10.9. The first-order valence-corrected chi connectivity index (χ1v) is 6.89. The van der Waals surface area contributed by atoms with E-state index in [9.17, 15) is 8.42 Å². The van der Waals surface area contributed by atoms with Gasteiger partial charge in [-0.15, -0.1) is 6.42 Å². The monoisotopic (exact) mass is 262 g/mol. The number of sulfonamides is 1. The van der Waals surface area contributed by atoms with E-state index in [1.54, 1.807) is 19.1 Å². The summed E-state index contributed by atoms with van der Waals surface area (Å²) in [5.41, 5.74) is 0.788. The Kier molecular flexibility index (Phi) is 4.91. The van der Waals surface area contributed by atoms with Crippen LogP contribution in [-0.2, 0) is 16.4 Å². The van der Waals surface area contributed by atoms with E-state index in [0.717, 1.165) is 5.56 Å². The molecule has 0 heterocycles. The smallest absolute Gasteiger partial charge is 0.207 e. The highest BCUT2D eigenvalue weighted by molar-refractivity contribution is 7.89. The van der Waals surface area contributed by atoms with Crippen LogP contribution in [0.25, 0.3) is 0 Å². The molecule has 0 unspecified atom stereocenters. The van der Waals surface area contributed by atoms with Crippen LogP contribution in [0.3, 0.4) is 0 Å². The minimum absolute atomic E-state index is 0.0543. The lowest BCUT2D eigenvalue weighted by molar-refractivity contribution is 0.464. The summed E-state index contributed by atoms with van der Waals surface area (Å²) in [6.45, 7) is 2.12. The van der Waals surface area contributed by atoms with Crippen molar-refractivity contribution in [3.8, 4) is 18.4 Å². The van der Waals surface area contributed by atoms with Crippen LogP contribution in [0.15, 0.2) is 29.2 Å². The number of hydrogen-bond acceptors (Lipinski definition) is 3. The maximum atomic E-state index is 12.2. The Balaban J connectivity index is 3.06. The lowest BCUT2D eigenvalue weighted by Crippen LogP contribution is -2.31. The van der Waals surface area contributed by atoms with Crippen LogP contribution in [-0.4, -0.2) is 25.8 Å². The maximum absolute atomic E-state index is 12.2. The molecule has 0 radical (unpaired) electrons. The van der Waals surface area contributed by atoms with E-state index in [4.69, 9.17) is 11.7 Å². The van der Waals surface area contributed by atoms with E-state index in [2.05, 4.69) is 5.92 Å². The Morgan fingerprint density at radius 3 is 2.39 bits per heavy atom. The zero-order valence-corrected chi connectivity index (χ0v) is 10.9. The van der Waals surface area contributed by atoms with Gasteiger partial charge in [-0.2, -0.15) is 9.57 Å². The second-order valence-corrected chi connectivity index (χ2v) is 5.55. The standard InChI is InChI=1S/C13H14N2O2S/c1-3-11-15(4-2)18(16,17)13-7-5-12(6-8-13)9-10-14/h1,5-8H,4,9,11H2,2H3. The molecule has 0 atom stereocenters. The zero-order chi connectivity index (χ0) is 13.6. The summed E-state index contributed by atoms with van der Waals surface area (Å²) in [7, 11) is -3.54. The maximum Gasteiger partial charge on any atom is 0.243 e. The Morgan fingerprint density at radius 2 is 1.94 bits per heavy atom. The van der Waals surface area contributed by atoms with Gasteiger partial charge in [0.25, 0.3) is 0 Å². The van der Waals surface area contributed by atoms with Gasteiger partial charge in [0.05, 0.1) is 23.9 Å². The Bertz CT molecular complexity index is 577. The molecule has 0 N–H and O–H groups in total. The SMILES string of the molecule is C#CCN(CC)S(=O)(=O)c1ccc(CC#N)cc1. The molecule has 0 aliphatic carbocycles.